The van der Waals surface area contributed by atoms with Crippen LogP contribution in [0.5, 0.6) is 0 Å². The second-order valence-corrected chi connectivity index (χ2v) is 8.82. The third kappa shape index (κ3) is 3.12. The van der Waals surface area contributed by atoms with Crippen molar-refractivity contribution < 1.29 is 4.79 Å². The molecule has 6 nitrogen and oxygen atoms in total. The van der Waals surface area contributed by atoms with Crippen LogP contribution in [0.1, 0.15) is 45.7 Å². The van der Waals surface area contributed by atoms with Crippen molar-refractivity contribution in [2.24, 2.45) is 0 Å². The lowest BCUT2D eigenvalue weighted by molar-refractivity contribution is -0.133. The molecule has 25 heavy (non-hydrogen) atoms. The maximum absolute atomic E-state index is 12.6. The largest absolute Gasteiger partial charge is 0.352 e. The first kappa shape index (κ1) is 16.8. The van der Waals surface area contributed by atoms with E-state index in [-0.39, 0.29) is 11.5 Å². The standard InChI is InChI=1S/C19H29N5O/c1-19(2,3)16-7-8-17(21-20-16)23-11-14(12-23)22(4)15-9-10-24(18(15)25)13-5-6-13/h7-8,13-15H,5-6,9-12H2,1-4H3. The number of carbonyl (C=O) groups excluding carboxylic acids is 1. The molecule has 3 heterocycles. The lowest BCUT2D eigenvalue weighted by atomic mass is 9.92. The average Bonchev–Trinajstić information content (AvgIpc) is 3.28. The highest BCUT2D eigenvalue weighted by molar-refractivity contribution is 5.84. The number of carbonyl (C=O) groups is 1. The molecule has 0 bridgehead atoms. The van der Waals surface area contributed by atoms with Gasteiger partial charge in [0.25, 0.3) is 0 Å². The number of hydrogen-bond acceptors (Lipinski definition) is 5. The van der Waals surface area contributed by atoms with Gasteiger partial charge in [-0.15, -0.1) is 5.10 Å². The van der Waals surface area contributed by atoms with Crippen molar-refractivity contribution in [2.45, 2.75) is 63.6 Å². The van der Waals surface area contributed by atoms with Crippen molar-refractivity contribution in [2.75, 3.05) is 31.6 Å². The second kappa shape index (κ2) is 5.94. The molecule has 1 amide bonds. The fourth-order valence-electron chi connectivity index (χ4n) is 3.86. The molecule has 2 aliphatic heterocycles. The summed E-state index contributed by atoms with van der Waals surface area (Å²) in [6, 6.07) is 5.19. The Morgan fingerprint density at radius 1 is 1.12 bits per heavy atom. The number of aromatic nitrogens is 2. The molecule has 0 radical (unpaired) electrons. The Morgan fingerprint density at radius 2 is 1.84 bits per heavy atom. The number of likely N-dealkylation sites (tertiary alicyclic amines) is 1. The van der Waals surface area contributed by atoms with Crippen molar-refractivity contribution >= 4 is 11.7 Å². The van der Waals surface area contributed by atoms with E-state index in [0.29, 0.717) is 18.0 Å². The van der Waals surface area contributed by atoms with Crippen LogP contribution in [0.2, 0.25) is 0 Å². The summed E-state index contributed by atoms with van der Waals surface area (Å²) in [6.45, 7) is 9.23. The third-order valence-corrected chi connectivity index (χ3v) is 5.87. The Kier molecular flexibility index (Phi) is 3.98. The van der Waals surface area contributed by atoms with Crippen LogP contribution in [0.4, 0.5) is 5.82 Å². The topological polar surface area (TPSA) is 52.6 Å². The van der Waals surface area contributed by atoms with Crippen LogP contribution < -0.4 is 4.90 Å². The number of hydrogen-bond donors (Lipinski definition) is 0. The van der Waals surface area contributed by atoms with Gasteiger partial charge in [0.1, 0.15) is 0 Å². The minimum atomic E-state index is 0.0273. The molecule has 136 valence electrons. The summed E-state index contributed by atoms with van der Waals surface area (Å²) < 4.78 is 0. The van der Waals surface area contributed by atoms with Gasteiger partial charge in [0, 0.05) is 37.1 Å². The number of rotatable bonds is 4. The van der Waals surface area contributed by atoms with Crippen LogP contribution in [-0.4, -0.2) is 70.7 Å². The predicted molar refractivity (Wildman–Crippen MR) is 97.6 cm³/mol. The molecule has 0 spiro atoms. The van der Waals surface area contributed by atoms with E-state index in [9.17, 15) is 4.79 Å². The molecule has 3 fully saturated rings. The highest BCUT2D eigenvalue weighted by Gasteiger charge is 2.45. The zero-order valence-electron chi connectivity index (χ0n) is 15.8. The first-order valence-electron chi connectivity index (χ1n) is 9.46. The van der Waals surface area contributed by atoms with E-state index < -0.39 is 0 Å². The SMILES string of the molecule is CN(C1CN(c2ccc(C(C)(C)C)nn2)C1)C1CCN(C2CC2)C1=O. The van der Waals surface area contributed by atoms with E-state index in [1.165, 1.54) is 12.8 Å². The Labute approximate surface area is 150 Å². The fraction of sp³-hybridized carbons (Fsp3) is 0.737. The van der Waals surface area contributed by atoms with E-state index in [1.54, 1.807) is 0 Å². The fourth-order valence-corrected chi connectivity index (χ4v) is 3.86. The van der Waals surface area contributed by atoms with E-state index in [1.807, 2.05) is 0 Å². The molecule has 1 saturated carbocycles. The van der Waals surface area contributed by atoms with Crippen LogP contribution in [0, 0.1) is 0 Å². The minimum absolute atomic E-state index is 0.0273. The van der Waals surface area contributed by atoms with Gasteiger partial charge in [0.15, 0.2) is 5.82 Å². The molecule has 1 atom stereocenters. The van der Waals surface area contributed by atoms with Gasteiger partial charge in [-0.25, -0.2) is 0 Å². The van der Waals surface area contributed by atoms with Crippen molar-refractivity contribution in [1.29, 1.82) is 0 Å². The Morgan fingerprint density at radius 3 is 2.40 bits per heavy atom. The molecule has 0 aromatic carbocycles. The summed E-state index contributed by atoms with van der Waals surface area (Å²) >= 11 is 0. The van der Waals surface area contributed by atoms with Crippen molar-refractivity contribution in [1.82, 2.24) is 20.0 Å². The molecule has 1 aromatic heterocycles. The maximum Gasteiger partial charge on any atom is 0.240 e. The summed E-state index contributed by atoms with van der Waals surface area (Å²) in [5.41, 5.74) is 1.04. The smallest absolute Gasteiger partial charge is 0.240 e. The molecule has 2 saturated heterocycles. The molecular weight excluding hydrogens is 314 g/mol. The molecule has 1 aromatic rings. The Balaban J connectivity index is 1.33. The van der Waals surface area contributed by atoms with Gasteiger partial charge < -0.3 is 9.80 Å². The van der Waals surface area contributed by atoms with Gasteiger partial charge in [0.2, 0.25) is 5.91 Å². The summed E-state index contributed by atoms with van der Waals surface area (Å²) in [6.07, 6.45) is 3.37. The lowest BCUT2D eigenvalue weighted by Crippen LogP contribution is -2.62. The van der Waals surface area contributed by atoms with E-state index >= 15 is 0 Å². The summed E-state index contributed by atoms with van der Waals surface area (Å²) in [5, 5.41) is 8.78. The van der Waals surface area contributed by atoms with E-state index in [4.69, 9.17) is 0 Å². The molecule has 0 N–H and O–H groups in total. The minimum Gasteiger partial charge on any atom is -0.352 e. The van der Waals surface area contributed by atoms with E-state index in [2.05, 4.69) is 64.8 Å². The lowest BCUT2D eigenvalue weighted by Gasteiger charge is -2.46. The molecule has 6 heteroatoms. The quantitative estimate of drug-likeness (QED) is 0.832. The molecule has 1 unspecified atom stereocenters. The predicted octanol–water partition coefficient (Wildman–Crippen LogP) is 1.66. The normalized spacial score (nSPS) is 25.0. The summed E-state index contributed by atoms with van der Waals surface area (Å²) in [5.74, 6) is 1.28. The van der Waals surface area contributed by atoms with Gasteiger partial charge in [-0.1, -0.05) is 20.8 Å². The van der Waals surface area contributed by atoms with Gasteiger partial charge in [-0.05, 0) is 38.4 Å². The zero-order valence-corrected chi connectivity index (χ0v) is 15.8. The van der Waals surface area contributed by atoms with Crippen molar-refractivity contribution in [3.8, 4) is 0 Å². The van der Waals surface area contributed by atoms with Crippen LogP contribution in [0.25, 0.3) is 0 Å². The zero-order chi connectivity index (χ0) is 17.8. The number of amides is 1. The molecule has 3 aliphatic rings. The average molecular weight is 343 g/mol. The number of anilines is 1. The first-order valence-corrected chi connectivity index (χ1v) is 9.46. The Hall–Kier alpha value is -1.69. The van der Waals surface area contributed by atoms with Gasteiger partial charge in [0.05, 0.1) is 11.7 Å². The van der Waals surface area contributed by atoms with Gasteiger partial charge in [-0.2, -0.15) is 5.10 Å². The molecular formula is C19H29N5O. The van der Waals surface area contributed by atoms with E-state index in [0.717, 1.165) is 37.6 Å². The first-order chi connectivity index (χ1) is 11.8. The van der Waals surface area contributed by atoms with Crippen molar-refractivity contribution in [3.05, 3.63) is 17.8 Å². The second-order valence-electron chi connectivity index (χ2n) is 8.82. The summed E-state index contributed by atoms with van der Waals surface area (Å²) in [4.78, 5) is 19.2. The highest BCUT2D eigenvalue weighted by Crippen LogP contribution is 2.33. The van der Waals surface area contributed by atoms with Gasteiger partial charge >= 0.3 is 0 Å². The van der Waals surface area contributed by atoms with Crippen LogP contribution >= 0.6 is 0 Å². The molecule has 1 aliphatic carbocycles. The Bertz CT molecular complexity index is 643. The highest BCUT2D eigenvalue weighted by atomic mass is 16.2. The maximum atomic E-state index is 12.6. The van der Waals surface area contributed by atoms with Crippen LogP contribution in [0.15, 0.2) is 12.1 Å². The molecule has 4 rings (SSSR count). The van der Waals surface area contributed by atoms with Crippen LogP contribution in [-0.2, 0) is 10.2 Å². The van der Waals surface area contributed by atoms with Crippen molar-refractivity contribution in [3.63, 3.8) is 0 Å². The number of nitrogens with zero attached hydrogens (tertiary/aromatic N) is 5. The number of likely N-dealkylation sites (N-methyl/N-ethyl adjacent to an activating group) is 1. The third-order valence-electron chi connectivity index (χ3n) is 5.87. The van der Waals surface area contributed by atoms with Crippen LogP contribution in [0.3, 0.4) is 0 Å². The monoisotopic (exact) mass is 343 g/mol. The van der Waals surface area contributed by atoms with Gasteiger partial charge in [-0.3, -0.25) is 9.69 Å². The summed E-state index contributed by atoms with van der Waals surface area (Å²) in [7, 11) is 2.11.